The summed E-state index contributed by atoms with van der Waals surface area (Å²) in [7, 11) is 1.30. The summed E-state index contributed by atoms with van der Waals surface area (Å²) in [6.07, 6.45) is 0.728. The minimum atomic E-state index is -0.488. The molecule has 24 heavy (non-hydrogen) atoms. The number of carbonyl (C=O) groups excluding carboxylic acids is 3. The summed E-state index contributed by atoms with van der Waals surface area (Å²) in [5.74, 6) is -0.402. The molecular weight excluding hydrogens is 330 g/mol. The number of hydrogen-bond donors (Lipinski definition) is 1. The van der Waals surface area contributed by atoms with Gasteiger partial charge in [-0.2, -0.15) is 0 Å². The molecule has 0 saturated carbocycles. The molecule has 1 heterocycles. The SMILES string of the molecule is COC(=O)c1c(NC(=O)COc2ccc(C=O)cc2)sc(C)c1C. The highest BCUT2D eigenvalue weighted by Gasteiger charge is 2.21. The molecule has 0 aliphatic rings. The van der Waals surface area contributed by atoms with Crippen LogP contribution in [0.15, 0.2) is 24.3 Å². The maximum atomic E-state index is 12.1. The number of amides is 1. The van der Waals surface area contributed by atoms with Gasteiger partial charge in [0.15, 0.2) is 6.61 Å². The zero-order chi connectivity index (χ0) is 17.7. The van der Waals surface area contributed by atoms with E-state index >= 15 is 0 Å². The normalized spacial score (nSPS) is 10.1. The zero-order valence-corrected chi connectivity index (χ0v) is 14.4. The lowest BCUT2D eigenvalue weighted by molar-refractivity contribution is -0.118. The molecule has 6 nitrogen and oxygen atoms in total. The number of methoxy groups -OCH3 is 1. The van der Waals surface area contributed by atoms with Crippen LogP contribution < -0.4 is 10.1 Å². The third-order valence-corrected chi connectivity index (χ3v) is 4.54. The summed E-state index contributed by atoms with van der Waals surface area (Å²) in [6.45, 7) is 3.46. The fourth-order valence-electron chi connectivity index (χ4n) is 2.02. The number of benzene rings is 1. The molecule has 0 bridgehead atoms. The first kappa shape index (κ1) is 17.7. The topological polar surface area (TPSA) is 81.7 Å². The van der Waals surface area contributed by atoms with Crippen molar-refractivity contribution in [1.29, 1.82) is 0 Å². The smallest absolute Gasteiger partial charge is 0.341 e. The quantitative estimate of drug-likeness (QED) is 0.642. The van der Waals surface area contributed by atoms with Gasteiger partial charge in [-0.15, -0.1) is 11.3 Å². The molecule has 1 N–H and O–H groups in total. The molecule has 2 aromatic rings. The Labute approximate surface area is 143 Å². The Balaban J connectivity index is 2.03. The van der Waals surface area contributed by atoms with Crippen LogP contribution in [0.4, 0.5) is 5.00 Å². The van der Waals surface area contributed by atoms with Crippen molar-refractivity contribution in [3.8, 4) is 5.75 Å². The Hall–Kier alpha value is -2.67. The van der Waals surface area contributed by atoms with Gasteiger partial charge in [-0.25, -0.2) is 4.79 Å². The van der Waals surface area contributed by atoms with Gasteiger partial charge in [0.2, 0.25) is 0 Å². The van der Waals surface area contributed by atoms with Crippen LogP contribution in [0.5, 0.6) is 5.75 Å². The standard InChI is InChI=1S/C17H17NO5S/c1-10-11(2)24-16(15(10)17(21)22-3)18-14(20)9-23-13-6-4-12(8-19)5-7-13/h4-8H,9H2,1-3H3,(H,18,20). The molecule has 0 spiro atoms. The van der Waals surface area contributed by atoms with Crippen LogP contribution in [0.2, 0.25) is 0 Å². The molecule has 1 aromatic heterocycles. The van der Waals surface area contributed by atoms with E-state index in [4.69, 9.17) is 9.47 Å². The summed E-state index contributed by atoms with van der Waals surface area (Å²) in [6, 6.07) is 6.41. The van der Waals surface area contributed by atoms with Gasteiger partial charge in [0.05, 0.1) is 12.7 Å². The van der Waals surface area contributed by atoms with Crippen molar-refractivity contribution >= 4 is 34.5 Å². The highest BCUT2D eigenvalue weighted by molar-refractivity contribution is 7.16. The third kappa shape index (κ3) is 3.99. The molecule has 126 valence electrons. The van der Waals surface area contributed by atoms with E-state index in [9.17, 15) is 14.4 Å². The van der Waals surface area contributed by atoms with Gasteiger partial charge < -0.3 is 14.8 Å². The summed E-state index contributed by atoms with van der Waals surface area (Å²) in [4.78, 5) is 35.4. The van der Waals surface area contributed by atoms with Crippen molar-refractivity contribution in [2.75, 3.05) is 19.0 Å². The highest BCUT2D eigenvalue weighted by Crippen LogP contribution is 2.32. The van der Waals surface area contributed by atoms with E-state index in [0.29, 0.717) is 21.9 Å². The number of hydrogen-bond acceptors (Lipinski definition) is 6. The molecule has 0 unspecified atom stereocenters. The first-order valence-electron chi connectivity index (χ1n) is 7.12. The molecule has 0 radical (unpaired) electrons. The largest absolute Gasteiger partial charge is 0.484 e. The Morgan fingerprint density at radius 1 is 1.21 bits per heavy atom. The van der Waals surface area contributed by atoms with E-state index in [1.807, 2.05) is 6.92 Å². The van der Waals surface area contributed by atoms with E-state index in [-0.39, 0.29) is 12.5 Å². The third-order valence-electron chi connectivity index (χ3n) is 3.41. The van der Waals surface area contributed by atoms with Crippen LogP contribution in [-0.4, -0.2) is 31.9 Å². The van der Waals surface area contributed by atoms with Crippen LogP contribution in [0.25, 0.3) is 0 Å². The molecule has 0 aliphatic heterocycles. The summed E-state index contributed by atoms with van der Waals surface area (Å²) in [5, 5.41) is 3.12. The van der Waals surface area contributed by atoms with Crippen molar-refractivity contribution in [1.82, 2.24) is 0 Å². The molecule has 0 atom stereocenters. The molecule has 0 saturated heterocycles. The van der Waals surface area contributed by atoms with E-state index in [1.54, 1.807) is 31.2 Å². The summed E-state index contributed by atoms with van der Waals surface area (Å²) in [5.41, 5.74) is 1.68. The average molecular weight is 347 g/mol. The first-order valence-corrected chi connectivity index (χ1v) is 7.94. The lowest BCUT2D eigenvalue weighted by Crippen LogP contribution is -2.21. The van der Waals surface area contributed by atoms with Gasteiger partial charge in [-0.1, -0.05) is 0 Å². The zero-order valence-electron chi connectivity index (χ0n) is 13.5. The molecule has 7 heteroatoms. The van der Waals surface area contributed by atoms with E-state index in [0.717, 1.165) is 16.7 Å². The molecule has 1 aromatic carbocycles. The van der Waals surface area contributed by atoms with E-state index in [2.05, 4.69) is 5.32 Å². The number of rotatable bonds is 6. The second-order valence-corrected chi connectivity index (χ2v) is 6.23. The number of esters is 1. The predicted octanol–water partition coefficient (Wildman–Crippen LogP) is 2.98. The molecule has 1 amide bonds. The maximum absolute atomic E-state index is 12.1. The molecular formula is C17H17NO5S. The Kier molecular flexibility index (Phi) is 5.70. The van der Waals surface area contributed by atoms with Crippen molar-refractivity contribution < 1.29 is 23.9 Å². The lowest BCUT2D eigenvalue weighted by Gasteiger charge is -2.08. The first-order chi connectivity index (χ1) is 11.5. The van der Waals surface area contributed by atoms with Crippen molar-refractivity contribution in [3.63, 3.8) is 0 Å². The molecule has 0 fully saturated rings. The molecule has 2 rings (SSSR count). The Morgan fingerprint density at radius 2 is 1.88 bits per heavy atom. The second kappa shape index (κ2) is 7.74. The Bertz CT molecular complexity index is 764. The van der Waals surface area contributed by atoms with Crippen LogP contribution >= 0.6 is 11.3 Å². The second-order valence-electron chi connectivity index (χ2n) is 5.00. The van der Waals surface area contributed by atoms with Crippen molar-refractivity contribution in [2.24, 2.45) is 0 Å². The van der Waals surface area contributed by atoms with Gasteiger partial charge >= 0.3 is 5.97 Å². The number of nitrogens with one attached hydrogen (secondary N) is 1. The number of aryl methyl sites for hydroxylation is 1. The number of anilines is 1. The number of carbonyl (C=O) groups is 3. The lowest BCUT2D eigenvalue weighted by atomic mass is 10.1. The van der Waals surface area contributed by atoms with Gasteiger partial charge in [0.25, 0.3) is 5.91 Å². The van der Waals surface area contributed by atoms with E-state index in [1.165, 1.54) is 18.4 Å². The number of ether oxygens (including phenoxy) is 2. The van der Waals surface area contributed by atoms with E-state index < -0.39 is 5.97 Å². The van der Waals surface area contributed by atoms with Gasteiger partial charge in [0, 0.05) is 10.4 Å². The summed E-state index contributed by atoms with van der Waals surface area (Å²) < 4.78 is 10.1. The van der Waals surface area contributed by atoms with Gasteiger partial charge in [-0.3, -0.25) is 9.59 Å². The van der Waals surface area contributed by atoms with Crippen LogP contribution in [-0.2, 0) is 9.53 Å². The minimum absolute atomic E-state index is 0.211. The number of thiophene rings is 1. The average Bonchev–Trinajstić information content (AvgIpc) is 2.86. The van der Waals surface area contributed by atoms with Crippen molar-refractivity contribution in [3.05, 3.63) is 45.8 Å². The van der Waals surface area contributed by atoms with Gasteiger partial charge in [-0.05, 0) is 43.7 Å². The maximum Gasteiger partial charge on any atom is 0.341 e. The van der Waals surface area contributed by atoms with Crippen molar-refractivity contribution in [2.45, 2.75) is 13.8 Å². The number of aldehydes is 1. The fourth-order valence-corrected chi connectivity index (χ4v) is 3.08. The predicted molar refractivity (Wildman–Crippen MR) is 91.1 cm³/mol. The minimum Gasteiger partial charge on any atom is -0.484 e. The van der Waals surface area contributed by atoms with Crippen LogP contribution in [0, 0.1) is 13.8 Å². The van der Waals surface area contributed by atoms with Crippen LogP contribution in [0.1, 0.15) is 31.2 Å². The highest BCUT2D eigenvalue weighted by atomic mass is 32.1. The fraction of sp³-hybridized carbons (Fsp3) is 0.235. The monoisotopic (exact) mass is 347 g/mol. The summed E-state index contributed by atoms with van der Waals surface area (Å²) >= 11 is 1.31. The Morgan fingerprint density at radius 3 is 2.46 bits per heavy atom. The van der Waals surface area contributed by atoms with Crippen LogP contribution in [0.3, 0.4) is 0 Å². The van der Waals surface area contributed by atoms with Gasteiger partial charge in [0.1, 0.15) is 17.0 Å². The molecule has 0 aliphatic carbocycles.